The van der Waals surface area contributed by atoms with Gasteiger partial charge in [-0.3, -0.25) is 4.79 Å². The highest BCUT2D eigenvalue weighted by Crippen LogP contribution is 2.30. The van der Waals surface area contributed by atoms with Crippen molar-refractivity contribution >= 4 is 17.2 Å². The molecule has 3 nitrogen and oxygen atoms in total. The normalized spacial score (nSPS) is 14.8. The van der Waals surface area contributed by atoms with Crippen molar-refractivity contribution in [1.82, 2.24) is 5.32 Å². The number of fused-ring (bicyclic) bond motifs is 1. The average molecular weight is 286 g/mol. The van der Waals surface area contributed by atoms with Crippen molar-refractivity contribution in [3.8, 4) is 0 Å². The number of nitrogens with one attached hydrogen (secondary N) is 1. The Kier molecular flexibility index (Phi) is 3.85. The molecule has 3 rings (SSSR count). The van der Waals surface area contributed by atoms with Crippen molar-refractivity contribution in [1.29, 1.82) is 0 Å². The molecule has 0 aliphatic heterocycles. The van der Waals surface area contributed by atoms with Gasteiger partial charge in [-0.05, 0) is 36.5 Å². The molecule has 0 spiro atoms. The monoisotopic (exact) mass is 286 g/mol. The van der Waals surface area contributed by atoms with E-state index < -0.39 is 6.04 Å². The van der Waals surface area contributed by atoms with Crippen LogP contribution in [0.25, 0.3) is 0 Å². The third-order valence-corrected chi connectivity index (χ3v) is 4.91. The molecule has 20 heavy (non-hydrogen) atoms. The second-order valence-corrected chi connectivity index (χ2v) is 6.34. The quantitative estimate of drug-likeness (QED) is 0.907. The number of hydrogen-bond donors (Lipinski definition) is 2. The van der Waals surface area contributed by atoms with Gasteiger partial charge < -0.3 is 11.1 Å². The van der Waals surface area contributed by atoms with E-state index in [2.05, 4.69) is 11.4 Å². The van der Waals surface area contributed by atoms with Crippen molar-refractivity contribution in [3.05, 3.63) is 57.3 Å². The molecule has 1 aliphatic carbocycles. The average Bonchev–Trinajstić information content (AvgIpc) is 3.06. The fourth-order valence-electron chi connectivity index (χ4n) is 2.57. The standard InChI is InChI=1S/C16H18N2OS/c17-15(11-5-2-1-3-6-11)16(19)18-10-13-9-12-7-4-8-14(12)20-13/h1-3,5-6,9,15H,4,7-8,10,17H2,(H,18,19). The molecule has 0 saturated heterocycles. The van der Waals surface area contributed by atoms with Gasteiger partial charge in [0.2, 0.25) is 5.91 Å². The summed E-state index contributed by atoms with van der Waals surface area (Å²) in [4.78, 5) is 14.8. The lowest BCUT2D eigenvalue weighted by molar-refractivity contribution is -0.122. The number of carbonyl (C=O) groups excluding carboxylic acids is 1. The van der Waals surface area contributed by atoms with Crippen LogP contribution >= 0.6 is 11.3 Å². The van der Waals surface area contributed by atoms with E-state index in [-0.39, 0.29) is 5.91 Å². The first-order chi connectivity index (χ1) is 9.74. The molecule has 1 atom stereocenters. The van der Waals surface area contributed by atoms with E-state index in [1.165, 1.54) is 34.6 Å². The summed E-state index contributed by atoms with van der Waals surface area (Å²) in [5.74, 6) is -0.121. The van der Waals surface area contributed by atoms with Gasteiger partial charge in [0, 0.05) is 9.75 Å². The molecule has 0 fully saturated rings. The zero-order valence-electron chi connectivity index (χ0n) is 11.3. The number of rotatable bonds is 4. The summed E-state index contributed by atoms with van der Waals surface area (Å²) in [7, 11) is 0. The van der Waals surface area contributed by atoms with Gasteiger partial charge in [-0.1, -0.05) is 30.3 Å². The molecular weight excluding hydrogens is 268 g/mol. The molecule has 0 radical (unpaired) electrons. The van der Waals surface area contributed by atoms with Crippen LogP contribution in [0, 0.1) is 0 Å². The highest BCUT2D eigenvalue weighted by atomic mass is 32.1. The maximum atomic E-state index is 12.1. The lowest BCUT2D eigenvalue weighted by Gasteiger charge is -2.11. The van der Waals surface area contributed by atoms with E-state index in [0.717, 1.165) is 5.56 Å². The van der Waals surface area contributed by atoms with Crippen LogP contribution in [0.1, 0.15) is 33.3 Å². The predicted molar refractivity (Wildman–Crippen MR) is 81.6 cm³/mol. The van der Waals surface area contributed by atoms with Crippen molar-refractivity contribution in [3.63, 3.8) is 0 Å². The van der Waals surface area contributed by atoms with Gasteiger partial charge in [-0.2, -0.15) is 0 Å². The molecule has 1 aromatic carbocycles. The van der Waals surface area contributed by atoms with Crippen LogP contribution in [0.4, 0.5) is 0 Å². The Morgan fingerprint density at radius 1 is 1.30 bits per heavy atom. The molecular formula is C16H18N2OS. The van der Waals surface area contributed by atoms with E-state index in [4.69, 9.17) is 5.73 Å². The highest BCUT2D eigenvalue weighted by molar-refractivity contribution is 7.12. The van der Waals surface area contributed by atoms with Crippen molar-refractivity contribution < 1.29 is 4.79 Å². The maximum absolute atomic E-state index is 12.1. The molecule has 3 N–H and O–H groups in total. The predicted octanol–water partition coefficient (Wildman–Crippen LogP) is 2.55. The molecule has 1 unspecified atom stereocenters. The Hall–Kier alpha value is -1.65. The van der Waals surface area contributed by atoms with E-state index in [0.29, 0.717) is 6.54 Å². The first kappa shape index (κ1) is 13.3. The van der Waals surface area contributed by atoms with E-state index in [9.17, 15) is 4.79 Å². The van der Waals surface area contributed by atoms with Crippen molar-refractivity contribution in [2.75, 3.05) is 0 Å². The number of amides is 1. The van der Waals surface area contributed by atoms with Crippen molar-refractivity contribution in [2.45, 2.75) is 31.8 Å². The first-order valence-corrected chi connectivity index (χ1v) is 7.74. The summed E-state index contributed by atoms with van der Waals surface area (Å²) >= 11 is 1.82. The second kappa shape index (κ2) is 5.77. The Bertz CT molecular complexity index is 585. The summed E-state index contributed by atoms with van der Waals surface area (Å²) in [5.41, 5.74) is 8.28. The second-order valence-electron chi connectivity index (χ2n) is 5.12. The molecule has 4 heteroatoms. The fourth-order valence-corrected chi connectivity index (χ4v) is 3.77. The molecule has 2 aromatic rings. The molecule has 1 aromatic heterocycles. The number of hydrogen-bond acceptors (Lipinski definition) is 3. The van der Waals surface area contributed by atoms with Crippen LogP contribution in [-0.4, -0.2) is 5.91 Å². The topological polar surface area (TPSA) is 55.1 Å². The zero-order chi connectivity index (χ0) is 13.9. The van der Waals surface area contributed by atoms with Crippen LogP contribution < -0.4 is 11.1 Å². The van der Waals surface area contributed by atoms with E-state index in [1.807, 2.05) is 41.7 Å². The van der Waals surface area contributed by atoms with Crippen LogP contribution in [0.3, 0.4) is 0 Å². The number of carbonyl (C=O) groups is 1. The van der Waals surface area contributed by atoms with Crippen LogP contribution in [0.2, 0.25) is 0 Å². The minimum atomic E-state index is -0.594. The largest absolute Gasteiger partial charge is 0.350 e. The fraction of sp³-hybridized carbons (Fsp3) is 0.312. The highest BCUT2D eigenvalue weighted by Gasteiger charge is 2.17. The van der Waals surface area contributed by atoms with Gasteiger partial charge in [0.1, 0.15) is 6.04 Å². The Labute approximate surface area is 122 Å². The summed E-state index contributed by atoms with van der Waals surface area (Å²) in [5, 5.41) is 2.93. The third-order valence-electron chi connectivity index (χ3n) is 3.68. The van der Waals surface area contributed by atoms with Crippen LogP contribution in [0.15, 0.2) is 36.4 Å². The van der Waals surface area contributed by atoms with E-state index in [1.54, 1.807) is 0 Å². The number of aryl methyl sites for hydroxylation is 2. The molecule has 1 heterocycles. The SMILES string of the molecule is NC(C(=O)NCc1cc2c(s1)CCC2)c1ccccc1. The van der Waals surface area contributed by atoms with Gasteiger partial charge in [0.15, 0.2) is 0 Å². The maximum Gasteiger partial charge on any atom is 0.241 e. The van der Waals surface area contributed by atoms with Gasteiger partial charge in [-0.15, -0.1) is 11.3 Å². The summed E-state index contributed by atoms with van der Waals surface area (Å²) in [6, 6.07) is 11.1. The Morgan fingerprint density at radius 2 is 2.10 bits per heavy atom. The lowest BCUT2D eigenvalue weighted by Crippen LogP contribution is -2.33. The molecule has 1 aliphatic rings. The summed E-state index contributed by atoms with van der Waals surface area (Å²) in [6.07, 6.45) is 3.65. The number of thiophene rings is 1. The smallest absolute Gasteiger partial charge is 0.241 e. The van der Waals surface area contributed by atoms with E-state index >= 15 is 0 Å². The van der Waals surface area contributed by atoms with Gasteiger partial charge in [0.05, 0.1) is 6.54 Å². The van der Waals surface area contributed by atoms with Crippen LogP contribution in [0.5, 0.6) is 0 Å². The Balaban J connectivity index is 1.59. The minimum Gasteiger partial charge on any atom is -0.350 e. The molecule has 0 bridgehead atoms. The summed E-state index contributed by atoms with van der Waals surface area (Å²) in [6.45, 7) is 0.580. The third kappa shape index (κ3) is 2.76. The first-order valence-electron chi connectivity index (χ1n) is 6.93. The van der Waals surface area contributed by atoms with Gasteiger partial charge >= 0.3 is 0 Å². The van der Waals surface area contributed by atoms with Gasteiger partial charge in [-0.25, -0.2) is 0 Å². The van der Waals surface area contributed by atoms with Crippen molar-refractivity contribution in [2.24, 2.45) is 5.73 Å². The molecule has 0 saturated carbocycles. The number of nitrogens with two attached hydrogens (primary N) is 1. The van der Waals surface area contributed by atoms with Crippen LogP contribution in [-0.2, 0) is 24.2 Å². The zero-order valence-corrected chi connectivity index (χ0v) is 12.1. The minimum absolute atomic E-state index is 0.121. The number of benzene rings is 1. The summed E-state index contributed by atoms with van der Waals surface area (Å²) < 4.78 is 0. The molecule has 1 amide bonds. The lowest BCUT2D eigenvalue weighted by atomic mass is 10.1. The van der Waals surface area contributed by atoms with Gasteiger partial charge in [0.25, 0.3) is 0 Å². The molecule has 104 valence electrons. The Morgan fingerprint density at radius 3 is 2.85 bits per heavy atom.